The molecule has 4 aromatic rings. The van der Waals surface area contributed by atoms with Gasteiger partial charge in [0.25, 0.3) is 0 Å². The van der Waals surface area contributed by atoms with Crippen molar-refractivity contribution in [2.45, 2.75) is 12.8 Å². The number of methoxy groups -OCH3 is 2. The monoisotopic (exact) mass is 436 g/mol. The third-order valence-corrected chi connectivity index (χ3v) is 5.25. The van der Waals surface area contributed by atoms with Crippen LogP contribution in [0.4, 0.5) is 5.13 Å². The minimum atomic E-state index is -0.173. The predicted molar refractivity (Wildman–Crippen MR) is 117 cm³/mol. The van der Waals surface area contributed by atoms with Crippen molar-refractivity contribution in [1.82, 2.24) is 15.1 Å². The normalized spacial score (nSPS) is 10.6. The highest BCUT2D eigenvalue weighted by molar-refractivity contribution is 7.14. The van der Waals surface area contributed by atoms with E-state index in [-0.39, 0.29) is 12.3 Å². The number of carbonyl (C=O) groups is 1. The molecule has 1 amide bonds. The van der Waals surface area contributed by atoms with Crippen molar-refractivity contribution < 1.29 is 18.8 Å². The first-order valence-corrected chi connectivity index (χ1v) is 10.4. The Labute approximate surface area is 182 Å². The lowest BCUT2D eigenvalue weighted by Crippen LogP contribution is -2.12. The van der Waals surface area contributed by atoms with Gasteiger partial charge in [-0.2, -0.15) is 4.98 Å². The molecule has 0 atom stereocenters. The number of amides is 1. The maximum atomic E-state index is 12.3. The van der Waals surface area contributed by atoms with Gasteiger partial charge < -0.3 is 19.3 Å². The van der Waals surface area contributed by atoms with Crippen LogP contribution in [0, 0.1) is 0 Å². The fraction of sp³-hybridized carbons (Fsp3) is 0.182. The molecule has 0 fully saturated rings. The smallest absolute Gasteiger partial charge is 0.227 e. The lowest BCUT2D eigenvalue weighted by Gasteiger charge is -2.08. The SMILES string of the molecule is COc1ccc(-c2csc(NC(=O)CCc3nc(-c4ccccc4)no3)n2)cc1OC. The molecule has 2 aromatic heterocycles. The zero-order valence-corrected chi connectivity index (χ0v) is 17.8. The molecule has 4 rings (SSSR count). The molecule has 0 bridgehead atoms. The number of anilines is 1. The highest BCUT2D eigenvalue weighted by atomic mass is 32.1. The molecule has 2 aromatic carbocycles. The van der Waals surface area contributed by atoms with Crippen molar-refractivity contribution in [2.75, 3.05) is 19.5 Å². The van der Waals surface area contributed by atoms with Crippen LogP contribution in [0.25, 0.3) is 22.6 Å². The Morgan fingerprint density at radius 3 is 2.61 bits per heavy atom. The lowest BCUT2D eigenvalue weighted by molar-refractivity contribution is -0.116. The standard InChI is InChI=1S/C22H20N4O4S/c1-28-17-9-8-15(12-18(17)29-2)16-13-31-22(23-16)24-19(27)10-11-20-25-21(26-30-20)14-6-4-3-5-7-14/h3-9,12-13H,10-11H2,1-2H3,(H,23,24,27). The minimum Gasteiger partial charge on any atom is -0.493 e. The van der Waals surface area contributed by atoms with Crippen LogP contribution in [0.1, 0.15) is 12.3 Å². The highest BCUT2D eigenvalue weighted by Crippen LogP contribution is 2.33. The molecule has 158 valence electrons. The lowest BCUT2D eigenvalue weighted by atomic mass is 10.1. The van der Waals surface area contributed by atoms with Crippen LogP contribution in [0.5, 0.6) is 11.5 Å². The second-order valence-corrected chi connectivity index (χ2v) is 7.39. The van der Waals surface area contributed by atoms with E-state index in [0.717, 1.165) is 16.8 Å². The van der Waals surface area contributed by atoms with Crippen molar-refractivity contribution >= 4 is 22.4 Å². The molecule has 1 N–H and O–H groups in total. The summed E-state index contributed by atoms with van der Waals surface area (Å²) >= 11 is 1.35. The van der Waals surface area contributed by atoms with Gasteiger partial charge >= 0.3 is 0 Å². The van der Waals surface area contributed by atoms with Crippen LogP contribution in [0.3, 0.4) is 0 Å². The van der Waals surface area contributed by atoms with Crippen molar-refractivity contribution in [1.29, 1.82) is 0 Å². The molecule has 0 aliphatic heterocycles. The van der Waals surface area contributed by atoms with Crippen molar-refractivity contribution in [3.8, 4) is 34.1 Å². The summed E-state index contributed by atoms with van der Waals surface area (Å²) in [5, 5.41) is 9.17. The number of rotatable bonds is 8. The summed E-state index contributed by atoms with van der Waals surface area (Å²) in [5.74, 6) is 2.02. The molecule has 0 aliphatic carbocycles. The van der Waals surface area contributed by atoms with Crippen LogP contribution in [0.15, 0.2) is 58.4 Å². The topological polar surface area (TPSA) is 99.4 Å². The van der Waals surface area contributed by atoms with Gasteiger partial charge in [-0.25, -0.2) is 4.98 Å². The summed E-state index contributed by atoms with van der Waals surface area (Å²) in [4.78, 5) is 21.2. The van der Waals surface area contributed by atoms with E-state index in [9.17, 15) is 4.79 Å². The zero-order chi connectivity index (χ0) is 21.6. The summed E-state index contributed by atoms with van der Waals surface area (Å²) in [7, 11) is 3.17. The number of thiazole rings is 1. The van der Waals surface area contributed by atoms with Gasteiger partial charge in [0.15, 0.2) is 16.6 Å². The maximum absolute atomic E-state index is 12.3. The number of hydrogen-bond acceptors (Lipinski definition) is 8. The summed E-state index contributed by atoms with van der Waals surface area (Å²) in [6.45, 7) is 0. The molecule has 0 radical (unpaired) electrons. The number of hydrogen-bond donors (Lipinski definition) is 1. The number of nitrogens with one attached hydrogen (secondary N) is 1. The number of aryl methyl sites for hydroxylation is 1. The van der Waals surface area contributed by atoms with Crippen LogP contribution >= 0.6 is 11.3 Å². The average Bonchev–Trinajstić information content (AvgIpc) is 3.48. The summed E-state index contributed by atoms with van der Waals surface area (Å²) in [6.07, 6.45) is 0.557. The van der Waals surface area contributed by atoms with Gasteiger partial charge in [-0.05, 0) is 18.2 Å². The van der Waals surface area contributed by atoms with Gasteiger partial charge in [0.2, 0.25) is 17.6 Å². The summed E-state index contributed by atoms with van der Waals surface area (Å²) in [6, 6.07) is 15.1. The fourth-order valence-corrected chi connectivity index (χ4v) is 3.66. The van der Waals surface area contributed by atoms with Gasteiger partial charge in [-0.1, -0.05) is 35.5 Å². The Kier molecular flexibility index (Phi) is 6.23. The number of nitrogens with zero attached hydrogens (tertiary/aromatic N) is 3. The predicted octanol–water partition coefficient (Wildman–Crippen LogP) is 4.45. The van der Waals surface area contributed by atoms with Gasteiger partial charge in [-0.15, -0.1) is 11.3 Å². The number of ether oxygens (including phenoxy) is 2. The maximum Gasteiger partial charge on any atom is 0.227 e. The molecule has 2 heterocycles. The molecule has 0 unspecified atom stereocenters. The van der Waals surface area contributed by atoms with Gasteiger partial charge in [0, 0.05) is 29.3 Å². The van der Waals surface area contributed by atoms with E-state index >= 15 is 0 Å². The summed E-state index contributed by atoms with van der Waals surface area (Å²) in [5.41, 5.74) is 2.48. The van der Waals surface area contributed by atoms with Crippen molar-refractivity contribution in [3.05, 3.63) is 59.8 Å². The molecule has 0 aliphatic rings. The molecule has 31 heavy (non-hydrogen) atoms. The quantitative estimate of drug-likeness (QED) is 0.436. The van der Waals surface area contributed by atoms with E-state index < -0.39 is 0 Å². The van der Waals surface area contributed by atoms with E-state index in [1.807, 2.05) is 53.9 Å². The fourth-order valence-electron chi connectivity index (χ4n) is 2.92. The summed E-state index contributed by atoms with van der Waals surface area (Å²) < 4.78 is 15.8. The largest absolute Gasteiger partial charge is 0.493 e. The third-order valence-electron chi connectivity index (χ3n) is 4.50. The van der Waals surface area contributed by atoms with Crippen molar-refractivity contribution in [3.63, 3.8) is 0 Å². The third kappa shape index (κ3) is 4.89. The first kappa shape index (κ1) is 20.5. The Morgan fingerprint density at radius 1 is 1.03 bits per heavy atom. The average molecular weight is 436 g/mol. The van der Waals surface area contributed by atoms with Gasteiger partial charge in [-0.3, -0.25) is 4.79 Å². The number of carbonyl (C=O) groups excluding carboxylic acids is 1. The molecular formula is C22H20N4O4S. The first-order valence-electron chi connectivity index (χ1n) is 9.52. The highest BCUT2D eigenvalue weighted by Gasteiger charge is 2.13. The molecular weight excluding hydrogens is 416 g/mol. The Hall–Kier alpha value is -3.72. The molecule has 0 saturated carbocycles. The van der Waals surface area contributed by atoms with Crippen LogP contribution < -0.4 is 14.8 Å². The minimum absolute atomic E-state index is 0.173. The first-order chi connectivity index (χ1) is 15.2. The van der Waals surface area contributed by atoms with Gasteiger partial charge in [0.05, 0.1) is 19.9 Å². The van der Waals surface area contributed by atoms with Crippen LogP contribution in [-0.2, 0) is 11.2 Å². The zero-order valence-electron chi connectivity index (χ0n) is 17.0. The second-order valence-electron chi connectivity index (χ2n) is 6.53. The van der Waals surface area contributed by atoms with Crippen LogP contribution in [0.2, 0.25) is 0 Å². The second kappa shape index (κ2) is 9.40. The van der Waals surface area contributed by atoms with E-state index in [2.05, 4.69) is 20.4 Å². The van der Waals surface area contributed by atoms with E-state index in [0.29, 0.717) is 34.8 Å². The number of benzene rings is 2. The molecule has 9 heteroatoms. The molecule has 0 spiro atoms. The molecule has 8 nitrogen and oxygen atoms in total. The van der Waals surface area contributed by atoms with E-state index in [4.69, 9.17) is 14.0 Å². The Morgan fingerprint density at radius 2 is 1.84 bits per heavy atom. The van der Waals surface area contributed by atoms with Gasteiger partial charge in [0.1, 0.15) is 0 Å². The Balaban J connectivity index is 1.35. The van der Waals surface area contributed by atoms with E-state index in [1.54, 1.807) is 14.2 Å². The van der Waals surface area contributed by atoms with Crippen LogP contribution in [-0.4, -0.2) is 35.3 Å². The number of aromatic nitrogens is 3. The van der Waals surface area contributed by atoms with E-state index in [1.165, 1.54) is 11.3 Å². The molecule has 0 saturated heterocycles. The Bertz CT molecular complexity index is 1170. The van der Waals surface area contributed by atoms with Crippen molar-refractivity contribution in [2.24, 2.45) is 0 Å².